The predicted octanol–water partition coefficient (Wildman–Crippen LogP) is 7.34. The summed E-state index contributed by atoms with van der Waals surface area (Å²) in [6.45, 7) is 9.27. The quantitative estimate of drug-likeness (QED) is 0.133. The van der Waals surface area contributed by atoms with Gasteiger partial charge in [-0.3, -0.25) is 4.90 Å². The van der Waals surface area contributed by atoms with Gasteiger partial charge in [0.25, 0.3) is 14.2 Å². The largest absolute Gasteiger partial charge is 0.401 e. The minimum Gasteiger partial charge on any atom is -0.401 e. The average molecular weight is 700 g/mol. The van der Waals surface area contributed by atoms with Gasteiger partial charge in [0.05, 0.1) is 19.2 Å². The first kappa shape index (κ1) is 34.1. The zero-order valence-corrected chi connectivity index (χ0v) is 30.6. The van der Waals surface area contributed by atoms with E-state index in [9.17, 15) is 0 Å². The second kappa shape index (κ2) is 13.7. The van der Waals surface area contributed by atoms with Crippen LogP contribution in [0.1, 0.15) is 62.7 Å². The van der Waals surface area contributed by atoms with Crippen molar-refractivity contribution in [1.82, 2.24) is 20.2 Å². The number of nitrogens with one attached hydrogen (secondary N) is 3. The molecular formula is C39H47F2N5OSSi. The van der Waals surface area contributed by atoms with Crippen molar-refractivity contribution >= 4 is 46.1 Å². The summed E-state index contributed by atoms with van der Waals surface area (Å²) >= 11 is 1.57. The van der Waals surface area contributed by atoms with Crippen LogP contribution in [-0.4, -0.2) is 67.4 Å². The highest BCUT2D eigenvalue weighted by atomic mass is 32.1. The number of thiazole rings is 1. The molecule has 3 atom stereocenters. The zero-order valence-electron chi connectivity index (χ0n) is 28.8. The second-order valence-corrected chi connectivity index (χ2v) is 20.1. The number of aromatic amines is 1. The van der Waals surface area contributed by atoms with Gasteiger partial charge >= 0.3 is 0 Å². The number of hydrogen-bond acceptors (Lipinski definition) is 6. The molecule has 7 rings (SSSR count). The molecule has 49 heavy (non-hydrogen) atoms. The smallest absolute Gasteiger partial charge is 0.282 e. The lowest BCUT2D eigenvalue weighted by molar-refractivity contribution is -0.0818. The number of anilines is 1. The fourth-order valence-corrected chi connectivity index (χ4v) is 13.6. The lowest BCUT2D eigenvalue weighted by atomic mass is 9.91. The summed E-state index contributed by atoms with van der Waals surface area (Å²) in [5, 5.41) is 10.6. The van der Waals surface area contributed by atoms with E-state index in [4.69, 9.17) is 9.41 Å². The minimum atomic E-state index is -3.15. The third-order valence-corrected chi connectivity index (χ3v) is 16.2. The van der Waals surface area contributed by atoms with Crippen LogP contribution in [0.3, 0.4) is 0 Å². The number of benzene rings is 3. The molecular weight excluding hydrogens is 653 g/mol. The van der Waals surface area contributed by atoms with Gasteiger partial charge in [0.1, 0.15) is 0 Å². The van der Waals surface area contributed by atoms with Crippen LogP contribution in [-0.2, 0) is 10.8 Å². The van der Waals surface area contributed by atoms with E-state index in [0.29, 0.717) is 12.5 Å². The summed E-state index contributed by atoms with van der Waals surface area (Å²) < 4.78 is 40.2. The maximum Gasteiger partial charge on any atom is 0.282 e. The Labute approximate surface area is 293 Å². The van der Waals surface area contributed by atoms with Gasteiger partial charge in [-0.05, 0) is 59.8 Å². The summed E-state index contributed by atoms with van der Waals surface area (Å²) in [6.07, 6.45) is 4.76. The Morgan fingerprint density at radius 3 is 2.31 bits per heavy atom. The van der Waals surface area contributed by atoms with Crippen LogP contribution in [0.4, 0.5) is 13.9 Å². The zero-order chi connectivity index (χ0) is 34.2. The van der Waals surface area contributed by atoms with Crippen LogP contribution in [0.25, 0.3) is 10.9 Å². The molecule has 5 aromatic rings. The van der Waals surface area contributed by atoms with Crippen molar-refractivity contribution in [1.29, 1.82) is 0 Å². The van der Waals surface area contributed by atoms with Gasteiger partial charge in [-0.15, -0.1) is 11.3 Å². The van der Waals surface area contributed by atoms with Crippen molar-refractivity contribution in [3.05, 3.63) is 107 Å². The van der Waals surface area contributed by atoms with Gasteiger partial charge in [0.15, 0.2) is 5.13 Å². The lowest BCUT2D eigenvalue weighted by Crippen LogP contribution is -2.67. The number of rotatable bonds is 10. The number of piperidine rings is 1. The fraction of sp³-hybridized carbons (Fsp3) is 0.410. The first-order valence-electron chi connectivity index (χ1n) is 17.5. The number of para-hydroxylation sites is 1. The molecule has 1 saturated heterocycles. The topological polar surface area (TPSA) is 65.2 Å². The number of fused-ring (bicyclic) bond motifs is 3. The molecule has 2 aliphatic heterocycles. The number of alkyl halides is 2. The first-order chi connectivity index (χ1) is 23.6. The minimum absolute atomic E-state index is 0.128. The number of aromatic nitrogens is 2. The average Bonchev–Trinajstić information content (AvgIpc) is 3.70. The molecule has 3 N–H and O–H groups in total. The molecule has 6 nitrogen and oxygen atoms in total. The van der Waals surface area contributed by atoms with Gasteiger partial charge in [0, 0.05) is 46.3 Å². The summed E-state index contributed by atoms with van der Waals surface area (Å²) in [5.74, 6) is -3.12. The van der Waals surface area contributed by atoms with E-state index in [-0.39, 0.29) is 12.1 Å². The highest BCUT2D eigenvalue weighted by Gasteiger charge is 2.52. The van der Waals surface area contributed by atoms with Crippen LogP contribution in [0.2, 0.25) is 5.04 Å². The molecule has 1 fully saturated rings. The standard InChI is InChI=1S/C39H47F2N5OSSi/c1-27-22-32-31-19-11-12-20-33(31)45-35(32)36(34-24-43-37(48-34)44-28-14-13-21-42-23-28)46(27)25-39(40,41)26-47-49(38(2,3)4,29-15-7-5-8-16-29)30-17-9-6-10-18-30/h5-12,15-20,24,27-28,36,42,45H,13-14,21-23,25-26H2,1-4H3,(H,43,44)/t27-,28-,36-/m1/s1. The number of hydrogen-bond donors (Lipinski definition) is 3. The molecule has 2 aromatic heterocycles. The molecule has 0 aliphatic carbocycles. The molecule has 0 saturated carbocycles. The maximum absolute atomic E-state index is 16.7. The maximum atomic E-state index is 16.7. The Balaban J connectivity index is 1.22. The van der Waals surface area contributed by atoms with Crippen molar-refractivity contribution in [2.24, 2.45) is 0 Å². The van der Waals surface area contributed by atoms with Crippen LogP contribution in [0.5, 0.6) is 0 Å². The molecule has 3 aromatic carbocycles. The van der Waals surface area contributed by atoms with Crippen LogP contribution in [0, 0.1) is 0 Å². The molecule has 0 radical (unpaired) electrons. The van der Waals surface area contributed by atoms with Crippen LogP contribution < -0.4 is 21.0 Å². The van der Waals surface area contributed by atoms with Crippen molar-refractivity contribution in [2.45, 2.75) is 76.0 Å². The Bertz CT molecular complexity index is 1810. The van der Waals surface area contributed by atoms with E-state index in [1.54, 1.807) is 11.3 Å². The van der Waals surface area contributed by atoms with E-state index in [2.05, 4.69) is 55.4 Å². The Morgan fingerprint density at radius 1 is 0.980 bits per heavy atom. The number of H-pyrrole nitrogens is 1. The van der Waals surface area contributed by atoms with E-state index < -0.39 is 32.4 Å². The molecule has 0 spiro atoms. The SMILES string of the molecule is C[C@@H]1Cc2c([nH]c3ccccc23)[C@@H](c2cnc(N[C@@H]3CCCNC3)s2)N1CC(F)(F)CO[Si](c1ccccc1)(c1ccccc1)C(C)(C)C. The van der Waals surface area contributed by atoms with Crippen molar-refractivity contribution in [3.8, 4) is 0 Å². The van der Waals surface area contributed by atoms with E-state index >= 15 is 8.78 Å². The van der Waals surface area contributed by atoms with Crippen molar-refractivity contribution in [3.63, 3.8) is 0 Å². The monoisotopic (exact) mass is 699 g/mol. The third kappa shape index (κ3) is 6.73. The lowest BCUT2D eigenvalue weighted by Gasteiger charge is -2.45. The fourth-order valence-electron chi connectivity index (χ4n) is 7.98. The van der Waals surface area contributed by atoms with E-state index in [1.807, 2.05) is 83.9 Å². The van der Waals surface area contributed by atoms with E-state index in [1.165, 1.54) is 5.56 Å². The normalized spacial score (nSPS) is 20.7. The molecule has 0 unspecified atom stereocenters. The van der Waals surface area contributed by atoms with E-state index in [0.717, 1.165) is 62.9 Å². The third-order valence-electron chi connectivity index (χ3n) is 10.3. The Morgan fingerprint density at radius 2 is 1.65 bits per heavy atom. The highest BCUT2D eigenvalue weighted by molar-refractivity contribution is 7.15. The molecule has 4 heterocycles. The predicted molar refractivity (Wildman–Crippen MR) is 200 cm³/mol. The molecule has 2 aliphatic rings. The van der Waals surface area contributed by atoms with Crippen molar-refractivity contribution < 1.29 is 13.2 Å². The summed E-state index contributed by atoms with van der Waals surface area (Å²) in [7, 11) is -3.15. The Hall–Kier alpha value is -3.41. The second-order valence-electron chi connectivity index (χ2n) is 14.8. The summed E-state index contributed by atoms with van der Waals surface area (Å²) in [5.41, 5.74) is 3.22. The Kier molecular flexibility index (Phi) is 9.53. The molecule has 0 amide bonds. The summed E-state index contributed by atoms with van der Waals surface area (Å²) in [4.78, 5) is 11.3. The van der Waals surface area contributed by atoms with Gasteiger partial charge in [-0.1, -0.05) is 99.6 Å². The van der Waals surface area contributed by atoms with Gasteiger partial charge in [0.2, 0.25) is 0 Å². The van der Waals surface area contributed by atoms with Crippen LogP contribution >= 0.6 is 11.3 Å². The van der Waals surface area contributed by atoms with Gasteiger partial charge in [-0.2, -0.15) is 0 Å². The highest BCUT2D eigenvalue weighted by Crippen LogP contribution is 2.44. The van der Waals surface area contributed by atoms with Gasteiger partial charge < -0.3 is 20.0 Å². The van der Waals surface area contributed by atoms with Gasteiger partial charge in [-0.25, -0.2) is 13.8 Å². The van der Waals surface area contributed by atoms with Crippen LogP contribution in [0.15, 0.2) is 91.1 Å². The molecule has 258 valence electrons. The molecule has 10 heteroatoms. The summed E-state index contributed by atoms with van der Waals surface area (Å²) in [6, 6.07) is 28.1. The van der Waals surface area contributed by atoms with Crippen molar-refractivity contribution in [2.75, 3.05) is 31.6 Å². The molecule has 0 bridgehead atoms. The first-order valence-corrected chi connectivity index (χ1v) is 20.2. The number of nitrogens with zero attached hydrogens (tertiary/aromatic N) is 2. The number of halogens is 2.